The van der Waals surface area contributed by atoms with Gasteiger partial charge in [0.05, 0.1) is 17.2 Å². The Hall–Kier alpha value is -1.72. The van der Waals surface area contributed by atoms with E-state index in [2.05, 4.69) is 51.2 Å². The molecular weight excluding hydrogens is 452 g/mol. The van der Waals surface area contributed by atoms with E-state index in [4.69, 9.17) is 9.72 Å². The maximum absolute atomic E-state index is 13.1. The van der Waals surface area contributed by atoms with E-state index in [0.29, 0.717) is 28.8 Å². The number of rotatable bonds is 7. The standard InChI is InChI=1S/C30H42N2O2S/c1-29(2,3)23-15-22(16-24(17-23)30(4)11-12-30)26-25(14-20-8-6-5-7-9-20)32-28(35-26)27(33)31-18-21-10-13-34-19-21/h15-17,20-21H,5-14,18-19H2,1-4H3,(H,31,33). The summed E-state index contributed by atoms with van der Waals surface area (Å²) in [6.45, 7) is 11.5. The lowest BCUT2D eigenvalue weighted by atomic mass is 9.82. The zero-order valence-corrected chi connectivity index (χ0v) is 22.9. The molecule has 2 aromatic rings. The number of nitrogens with one attached hydrogen (secondary N) is 1. The molecule has 2 saturated carbocycles. The van der Waals surface area contributed by atoms with Gasteiger partial charge in [-0.1, -0.05) is 65.9 Å². The number of amides is 1. The van der Waals surface area contributed by atoms with Crippen LogP contribution < -0.4 is 5.32 Å². The number of hydrogen-bond donors (Lipinski definition) is 1. The number of nitrogens with zero attached hydrogens (tertiary/aromatic N) is 1. The van der Waals surface area contributed by atoms with E-state index in [1.165, 1.54) is 66.5 Å². The quantitative estimate of drug-likeness (QED) is 0.449. The molecule has 5 rings (SSSR count). The van der Waals surface area contributed by atoms with Gasteiger partial charge in [-0.25, -0.2) is 4.98 Å². The van der Waals surface area contributed by atoms with E-state index in [1.54, 1.807) is 11.3 Å². The van der Waals surface area contributed by atoms with Gasteiger partial charge in [0.15, 0.2) is 5.01 Å². The minimum atomic E-state index is -0.0283. The Labute approximate surface area is 215 Å². The lowest BCUT2D eigenvalue weighted by molar-refractivity contribution is 0.0944. The number of benzene rings is 1. The van der Waals surface area contributed by atoms with Crippen LogP contribution in [-0.4, -0.2) is 30.6 Å². The second-order valence-electron chi connectivity index (χ2n) is 12.6. The second-order valence-corrected chi connectivity index (χ2v) is 13.6. The molecule has 1 atom stereocenters. The summed E-state index contributed by atoms with van der Waals surface area (Å²) in [5, 5.41) is 3.76. The van der Waals surface area contributed by atoms with Gasteiger partial charge in [0.2, 0.25) is 0 Å². The van der Waals surface area contributed by atoms with Crippen molar-refractivity contribution in [1.82, 2.24) is 10.3 Å². The van der Waals surface area contributed by atoms with Gasteiger partial charge in [0, 0.05) is 19.1 Å². The third-order valence-corrected chi connectivity index (χ3v) is 9.58. The predicted molar refractivity (Wildman–Crippen MR) is 144 cm³/mol. The lowest BCUT2D eigenvalue weighted by Gasteiger charge is -2.24. The van der Waals surface area contributed by atoms with E-state index < -0.39 is 0 Å². The largest absolute Gasteiger partial charge is 0.381 e. The molecule has 3 fully saturated rings. The molecule has 1 aliphatic heterocycles. The van der Waals surface area contributed by atoms with Crippen LogP contribution in [0.3, 0.4) is 0 Å². The summed E-state index contributed by atoms with van der Waals surface area (Å²) in [5.41, 5.74) is 5.59. The van der Waals surface area contributed by atoms with Crippen LogP contribution in [0.4, 0.5) is 0 Å². The molecule has 1 N–H and O–H groups in total. The van der Waals surface area contributed by atoms with Gasteiger partial charge >= 0.3 is 0 Å². The van der Waals surface area contributed by atoms with Crippen LogP contribution in [0.15, 0.2) is 18.2 Å². The zero-order chi connectivity index (χ0) is 24.6. The molecule has 0 spiro atoms. The van der Waals surface area contributed by atoms with Crippen LogP contribution in [0.25, 0.3) is 10.4 Å². The molecular formula is C30H42N2O2S. The van der Waals surface area contributed by atoms with Crippen LogP contribution >= 0.6 is 11.3 Å². The molecule has 2 aliphatic carbocycles. The molecule has 35 heavy (non-hydrogen) atoms. The fraction of sp³-hybridized carbons (Fsp3) is 0.667. The first-order chi connectivity index (χ1) is 16.7. The van der Waals surface area contributed by atoms with Crippen molar-refractivity contribution >= 4 is 17.2 Å². The van der Waals surface area contributed by atoms with Crippen molar-refractivity contribution in [3.05, 3.63) is 40.0 Å². The van der Waals surface area contributed by atoms with Gasteiger partial charge in [0.1, 0.15) is 0 Å². The average molecular weight is 495 g/mol. The van der Waals surface area contributed by atoms with Crippen LogP contribution in [-0.2, 0) is 22.0 Å². The number of aromatic nitrogens is 1. The molecule has 3 aliphatic rings. The minimum absolute atomic E-state index is 0.0283. The van der Waals surface area contributed by atoms with Crippen molar-refractivity contribution in [3.63, 3.8) is 0 Å². The Morgan fingerprint density at radius 3 is 2.54 bits per heavy atom. The van der Waals surface area contributed by atoms with E-state index in [0.717, 1.165) is 31.7 Å². The number of ether oxygens (including phenoxy) is 1. The molecule has 1 amide bonds. The van der Waals surface area contributed by atoms with Gasteiger partial charge in [-0.3, -0.25) is 4.79 Å². The van der Waals surface area contributed by atoms with Crippen molar-refractivity contribution in [3.8, 4) is 10.4 Å². The van der Waals surface area contributed by atoms with Gasteiger partial charge in [-0.05, 0) is 71.3 Å². The second kappa shape index (κ2) is 9.97. The van der Waals surface area contributed by atoms with Crippen molar-refractivity contribution in [1.29, 1.82) is 0 Å². The van der Waals surface area contributed by atoms with Crippen molar-refractivity contribution < 1.29 is 9.53 Å². The van der Waals surface area contributed by atoms with Crippen LogP contribution in [0, 0.1) is 11.8 Å². The van der Waals surface area contributed by atoms with E-state index in [9.17, 15) is 4.79 Å². The highest BCUT2D eigenvalue weighted by Crippen LogP contribution is 2.50. The molecule has 1 aromatic carbocycles. The maximum Gasteiger partial charge on any atom is 0.280 e. The van der Waals surface area contributed by atoms with Crippen molar-refractivity contribution in [2.75, 3.05) is 19.8 Å². The molecule has 1 saturated heterocycles. The Bertz CT molecular complexity index is 1030. The van der Waals surface area contributed by atoms with Crippen LogP contribution in [0.2, 0.25) is 0 Å². The number of hydrogen-bond acceptors (Lipinski definition) is 4. The highest BCUT2D eigenvalue weighted by molar-refractivity contribution is 7.17. The highest BCUT2D eigenvalue weighted by atomic mass is 32.1. The average Bonchev–Trinajstić information content (AvgIpc) is 3.22. The third-order valence-electron chi connectivity index (χ3n) is 8.43. The van der Waals surface area contributed by atoms with Gasteiger partial charge in [-0.15, -0.1) is 11.3 Å². The summed E-state index contributed by atoms with van der Waals surface area (Å²) in [7, 11) is 0. The zero-order valence-electron chi connectivity index (χ0n) is 22.0. The number of carbonyl (C=O) groups excluding carboxylic acids is 1. The van der Waals surface area contributed by atoms with Gasteiger partial charge < -0.3 is 10.1 Å². The molecule has 4 nitrogen and oxygen atoms in total. The topological polar surface area (TPSA) is 51.2 Å². The summed E-state index contributed by atoms with van der Waals surface area (Å²) in [5.74, 6) is 1.08. The van der Waals surface area contributed by atoms with E-state index in [1.807, 2.05) is 0 Å². The fourth-order valence-corrected chi connectivity index (χ4v) is 6.55. The Balaban J connectivity index is 1.49. The molecule has 0 bridgehead atoms. The first-order valence-electron chi connectivity index (χ1n) is 13.7. The highest BCUT2D eigenvalue weighted by Gasteiger charge is 2.40. The van der Waals surface area contributed by atoms with E-state index >= 15 is 0 Å². The lowest BCUT2D eigenvalue weighted by Crippen LogP contribution is -2.29. The van der Waals surface area contributed by atoms with Crippen LogP contribution in [0.1, 0.15) is 106 Å². The predicted octanol–water partition coefficient (Wildman–Crippen LogP) is 7.05. The molecule has 190 valence electrons. The van der Waals surface area contributed by atoms with E-state index in [-0.39, 0.29) is 11.3 Å². The number of thiazole rings is 1. The van der Waals surface area contributed by atoms with Gasteiger partial charge in [0.25, 0.3) is 5.91 Å². The minimum Gasteiger partial charge on any atom is -0.381 e. The Morgan fingerprint density at radius 1 is 1.11 bits per heavy atom. The molecule has 2 heterocycles. The SMILES string of the molecule is CC(C)(C)c1cc(-c2sc(C(=O)NCC3CCOC3)nc2CC2CCCCC2)cc(C2(C)CC2)c1. The monoisotopic (exact) mass is 494 g/mol. The van der Waals surface area contributed by atoms with Crippen molar-refractivity contribution in [2.45, 2.75) is 96.3 Å². The molecule has 0 radical (unpaired) electrons. The molecule has 1 aromatic heterocycles. The Morgan fingerprint density at radius 2 is 1.89 bits per heavy atom. The maximum atomic E-state index is 13.1. The summed E-state index contributed by atoms with van der Waals surface area (Å²) in [4.78, 5) is 19.4. The van der Waals surface area contributed by atoms with Crippen LogP contribution in [0.5, 0.6) is 0 Å². The Kier molecular flexibility index (Phi) is 7.11. The normalized spacial score (nSPS) is 22.3. The molecule has 5 heteroatoms. The molecule has 1 unspecified atom stereocenters. The fourth-order valence-electron chi connectivity index (χ4n) is 5.55. The summed E-state index contributed by atoms with van der Waals surface area (Å²) in [6, 6.07) is 7.19. The first kappa shape index (κ1) is 25.0. The smallest absolute Gasteiger partial charge is 0.280 e. The first-order valence-corrected chi connectivity index (χ1v) is 14.5. The third kappa shape index (κ3) is 5.83. The summed E-state index contributed by atoms with van der Waals surface area (Å²) >= 11 is 1.60. The summed E-state index contributed by atoms with van der Waals surface area (Å²) < 4.78 is 5.48. The van der Waals surface area contributed by atoms with Gasteiger partial charge in [-0.2, -0.15) is 0 Å². The summed E-state index contributed by atoms with van der Waals surface area (Å²) in [6.07, 6.45) is 11.1. The number of carbonyl (C=O) groups is 1. The van der Waals surface area contributed by atoms with Crippen molar-refractivity contribution in [2.24, 2.45) is 11.8 Å².